The summed E-state index contributed by atoms with van der Waals surface area (Å²) in [7, 11) is 1.33. The van der Waals surface area contributed by atoms with E-state index in [1.807, 2.05) is 0 Å². The summed E-state index contributed by atoms with van der Waals surface area (Å²) in [6, 6.07) is 1.07. The number of nitrogens with two attached hydrogens (primary N) is 1. The van der Waals surface area contributed by atoms with Crippen LogP contribution < -0.4 is 10.5 Å². The van der Waals surface area contributed by atoms with E-state index in [9.17, 15) is 8.78 Å². The van der Waals surface area contributed by atoms with Crippen LogP contribution in [0.4, 0.5) is 8.78 Å². The molecule has 5 heteroatoms. The largest absolute Gasteiger partial charge is 0.493 e. The zero-order valence-electron chi connectivity index (χ0n) is 10.2. The maximum atomic E-state index is 14.3. The predicted molar refractivity (Wildman–Crippen MR) is 69.6 cm³/mol. The summed E-state index contributed by atoms with van der Waals surface area (Å²) in [4.78, 5) is 0. The molecule has 0 aromatic heterocycles. The summed E-state index contributed by atoms with van der Waals surface area (Å²) in [5.74, 6) is -1.17. The number of hydrogen-bond acceptors (Lipinski definition) is 2. The molecule has 2 nitrogen and oxygen atoms in total. The molecule has 0 unspecified atom stereocenters. The third-order valence-corrected chi connectivity index (χ3v) is 4.15. The quantitative estimate of drug-likeness (QED) is 0.840. The molecule has 0 amide bonds. The molecule has 1 aliphatic rings. The van der Waals surface area contributed by atoms with Gasteiger partial charge in [0.25, 0.3) is 0 Å². The van der Waals surface area contributed by atoms with E-state index in [4.69, 9.17) is 10.5 Å². The average Bonchev–Trinajstić information content (AvgIpc) is 2.34. The monoisotopic (exact) mass is 319 g/mol. The second-order valence-corrected chi connectivity index (χ2v) is 5.63. The van der Waals surface area contributed by atoms with Gasteiger partial charge in [-0.2, -0.15) is 0 Å². The van der Waals surface area contributed by atoms with Gasteiger partial charge in [0.05, 0.1) is 17.1 Å². The van der Waals surface area contributed by atoms with Crippen LogP contribution in [0.1, 0.15) is 37.7 Å². The molecule has 0 saturated heterocycles. The molecule has 0 spiro atoms. The van der Waals surface area contributed by atoms with Gasteiger partial charge in [0.2, 0.25) is 0 Å². The second-order valence-electron chi connectivity index (χ2n) is 4.78. The minimum atomic E-state index is -0.835. The molecule has 0 aliphatic heterocycles. The molecule has 1 aromatic carbocycles. The smallest absolute Gasteiger partial charge is 0.166 e. The van der Waals surface area contributed by atoms with Gasteiger partial charge in [0, 0.05) is 5.54 Å². The fourth-order valence-corrected chi connectivity index (χ4v) is 3.05. The predicted octanol–water partition coefficient (Wildman–Crippen LogP) is 3.85. The molecule has 100 valence electrons. The highest BCUT2D eigenvalue weighted by Gasteiger charge is 2.37. The number of benzene rings is 1. The van der Waals surface area contributed by atoms with Crippen molar-refractivity contribution in [1.29, 1.82) is 0 Å². The van der Waals surface area contributed by atoms with Gasteiger partial charge in [0.15, 0.2) is 11.6 Å². The van der Waals surface area contributed by atoms with E-state index in [1.54, 1.807) is 0 Å². The minimum Gasteiger partial charge on any atom is -0.493 e. The van der Waals surface area contributed by atoms with Crippen LogP contribution in [0.25, 0.3) is 0 Å². The molecule has 2 N–H and O–H groups in total. The van der Waals surface area contributed by atoms with E-state index in [1.165, 1.54) is 7.11 Å². The highest BCUT2D eigenvalue weighted by atomic mass is 79.9. The van der Waals surface area contributed by atoms with Gasteiger partial charge in [-0.15, -0.1) is 0 Å². The number of rotatable bonds is 2. The first-order valence-electron chi connectivity index (χ1n) is 6.00. The lowest BCUT2D eigenvalue weighted by Gasteiger charge is -2.35. The molecule has 0 bridgehead atoms. The Morgan fingerprint density at radius 1 is 1.28 bits per heavy atom. The highest BCUT2D eigenvalue weighted by Crippen LogP contribution is 2.43. The Labute approximate surface area is 114 Å². The maximum Gasteiger partial charge on any atom is 0.166 e. The van der Waals surface area contributed by atoms with E-state index < -0.39 is 17.2 Å². The lowest BCUT2D eigenvalue weighted by molar-refractivity contribution is 0.273. The van der Waals surface area contributed by atoms with Crippen molar-refractivity contribution in [2.24, 2.45) is 5.73 Å². The first-order chi connectivity index (χ1) is 8.49. The number of methoxy groups -OCH3 is 1. The molecule has 0 atom stereocenters. The van der Waals surface area contributed by atoms with Crippen LogP contribution >= 0.6 is 15.9 Å². The summed E-state index contributed by atoms with van der Waals surface area (Å²) in [6.07, 6.45) is 4.23. The molecular weight excluding hydrogens is 304 g/mol. The highest BCUT2D eigenvalue weighted by molar-refractivity contribution is 9.10. The van der Waals surface area contributed by atoms with Crippen molar-refractivity contribution >= 4 is 15.9 Å². The molecular formula is C13H16BrF2NO. The van der Waals surface area contributed by atoms with Crippen LogP contribution in [-0.4, -0.2) is 7.11 Å². The Kier molecular flexibility index (Phi) is 3.92. The first-order valence-corrected chi connectivity index (χ1v) is 6.80. The van der Waals surface area contributed by atoms with Crippen molar-refractivity contribution in [3.8, 4) is 5.75 Å². The Bertz CT molecular complexity index is 459. The van der Waals surface area contributed by atoms with Crippen molar-refractivity contribution in [1.82, 2.24) is 0 Å². The van der Waals surface area contributed by atoms with Gasteiger partial charge in [0.1, 0.15) is 5.82 Å². The van der Waals surface area contributed by atoms with Crippen LogP contribution in [0.3, 0.4) is 0 Å². The normalized spacial score (nSPS) is 18.7. The molecule has 1 fully saturated rings. The fraction of sp³-hybridized carbons (Fsp3) is 0.538. The summed E-state index contributed by atoms with van der Waals surface area (Å²) in [5.41, 5.74) is 5.62. The van der Waals surface area contributed by atoms with Crippen LogP contribution in [0.15, 0.2) is 10.5 Å². The number of halogens is 3. The Morgan fingerprint density at radius 2 is 1.89 bits per heavy atom. The molecule has 2 rings (SSSR count). The van der Waals surface area contributed by atoms with Gasteiger partial charge >= 0.3 is 0 Å². The summed E-state index contributed by atoms with van der Waals surface area (Å²) in [6.45, 7) is 0. The molecule has 1 aromatic rings. The van der Waals surface area contributed by atoms with E-state index in [2.05, 4.69) is 15.9 Å². The lowest BCUT2D eigenvalue weighted by Crippen LogP contribution is -2.40. The zero-order valence-corrected chi connectivity index (χ0v) is 11.8. The molecule has 0 heterocycles. The van der Waals surface area contributed by atoms with Gasteiger partial charge in [-0.25, -0.2) is 8.78 Å². The SMILES string of the molecule is COc1c(F)cc(Br)c(F)c1C1(N)CCCCC1. The van der Waals surface area contributed by atoms with E-state index >= 15 is 0 Å². The van der Waals surface area contributed by atoms with Crippen LogP contribution in [-0.2, 0) is 5.54 Å². The van der Waals surface area contributed by atoms with Crippen molar-refractivity contribution in [3.05, 3.63) is 27.7 Å². The fourth-order valence-electron chi connectivity index (χ4n) is 2.66. The summed E-state index contributed by atoms with van der Waals surface area (Å²) in [5, 5.41) is 0. The average molecular weight is 320 g/mol. The molecule has 1 aliphatic carbocycles. The second kappa shape index (κ2) is 5.13. The third-order valence-electron chi connectivity index (χ3n) is 3.57. The summed E-state index contributed by atoms with van der Waals surface area (Å²) >= 11 is 3.02. The number of hydrogen-bond donors (Lipinski definition) is 1. The third kappa shape index (κ3) is 2.26. The van der Waals surface area contributed by atoms with Crippen LogP contribution in [0.5, 0.6) is 5.75 Å². The maximum absolute atomic E-state index is 14.3. The van der Waals surface area contributed by atoms with Crippen molar-refractivity contribution in [2.45, 2.75) is 37.6 Å². The Balaban J connectivity index is 2.60. The number of ether oxygens (including phenoxy) is 1. The van der Waals surface area contributed by atoms with Gasteiger partial charge in [-0.3, -0.25) is 0 Å². The molecule has 1 saturated carbocycles. The lowest BCUT2D eigenvalue weighted by atomic mass is 9.77. The van der Waals surface area contributed by atoms with Crippen molar-refractivity contribution in [3.63, 3.8) is 0 Å². The Morgan fingerprint density at radius 3 is 2.44 bits per heavy atom. The van der Waals surface area contributed by atoms with Gasteiger partial charge in [-0.05, 0) is 34.8 Å². The topological polar surface area (TPSA) is 35.2 Å². The standard InChI is InChI=1S/C13H16BrF2NO/c1-18-12-9(15)7-8(14)11(16)10(12)13(17)5-3-2-4-6-13/h7H,2-6,17H2,1H3. The van der Waals surface area contributed by atoms with Crippen molar-refractivity contribution in [2.75, 3.05) is 7.11 Å². The van der Waals surface area contributed by atoms with Crippen LogP contribution in [0.2, 0.25) is 0 Å². The first kappa shape index (κ1) is 13.7. The van der Waals surface area contributed by atoms with Gasteiger partial charge < -0.3 is 10.5 Å². The van der Waals surface area contributed by atoms with Gasteiger partial charge in [-0.1, -0.05) is 19.3 Å². The van der Waals surface area contributed by atoms with E-state index in [0.717, 1.165) is 25.3 Å². The minimum absolute atomic E-state index is 0.0694. The van der Waals surface area contributed by atoms with Crippen molar-refractivity contribution < 1.29 is 13.5 Å². The zero-order chi connectivity index (χ0) is 13.3. The van der Waals surface area contributed by atoms with Crippen LogP contribution in [0, 0.1) is 11.6 Å². The summed E-state index contributed by atoms with van der Waals surface area (Å²) < 4.78 is 33.2. The van der Waals surface area contributed by atoms with E-state index in [-0.39, 0.29) is 15.8 Å². The molecule has 0 radical (unpaired) electrons. The molecule has 18 heavy (non-hydrogen) atoms. The Hall–Kier alpha value is -0.680. The van der Waals surface area contributed by atoms with E-state index in [0.29, 0.717) is 12.8 Å².